The summed E-state index contributed by atoms with van der Waals surface area (Å²) in [4.78, 5) is 17.6. The van der Waals surface area contributed by atoms with Crippen LogP contribution in [0.4, 0.5) is 4.39 Å². The quantitative estimate of drug-likeness (QED) is 0.272. The summed E-state index contributed by atoms with van der Waals surface area (Å²) in [6.07, 6.45) is 3.49. The Kier molecular flexibility index (Phi) is 9.48. The molecule has 0 aliphatic heterocycles. The van der Waals surface area contributed by atoms with Crippen molar-refractivity contribution in [3.63, 3.8) is 0 Å². The van der Waals surface area contributed by atoms with E-state index in [0.29, 0.717) is 19.0 Å². The van der Waals surface area contributed by atoms with Crippen molar-refractivity contribution in [1.82, 2.24) is 25.3 Å². The molecule has 2 rings (SSSR count). The molecule has 27 heavy (non-hydrogen) atoms. The SMILES string of the molecule is C=CCNC(=NCc1ccn(-c2ccc(F)cc2)n1)NCC(=O)N(C)C.I. The van der Waals surface area contributed by atoms with Gasteiger partial charge in [0.1, 0.15) is 5.82 Å². The normalized spacial score (nSPS) is 10.7. The number of aromatic nitrogens is 2. The van der Waals surface area contributed by atoms with Gasteiger partial charge in [-0.25, -0.2) is 14.1 Å². The van der Waals surface area contributed by atoms with Crippen molar-refractivity contribution in [1.29, 1.82) is 0 Å². The molecule has 2 aromatic rings. The second-order valence-corrected chi connectivity index (χ2v) is 5.70. The number of guanidine groups is 1. The van der Waals surface area contributed by atoms with Crippen LogP contribution < -0.4 is 10.6 Å². The van der Waals surface area contributed by atoms with E-state index in [1.165, 1.54) is 17.0 Å². The molecule has 146 valence electrons. The number of hydrogen-bond donors (Lipinski definition) is 2. The molecule has 1 amide bonds. The van der Waals surface area contributed by atoms with E-state index >= 15 is 0 Å². The summed E-state index contributed by atoms with van der Waals surface area (Å²) in [6.45, 7) is 4.64. The van der Waals surface area contributed by atoms with Crippen molar-refractivity contribution in [2.45, 2.75) is 6.54 Å². The number of carbonyl (C=O) groups is 1. The zero-order chi connectivity index (χ0) is 18.9. The van der Waals surface area contributed by atoms with Gasteiger partial charge in [-0.1, -0.05) is 6.08 Å². The lowest BCUT2D eigenvalue weighted by molar-refractivity contribution is -0.127. The Labute approximate surface area is 175 Å². The lowest BCUT2D eigenvalue weighted by Gasteiger charge is -2.14. The zero-order valence-electron chi connectivity index (χ0n) is 15.4. The van der Waals surface area contributed by atoms with Crippen LogP contribution in [0.5, 0.6) is 0 Å². The largest absolute Gasteiger partial charge is 0.353 e. The fourth-order valence-corrected chi connectivity index (χ4v) is 2.00. The van der Waals surface area contributed by atoms with Gasteiger partial charge in [0, 0.05) is 26.8 Å². The molecule has 0 aliphatic carbocycles. The average molecular weight is 486 g/mol. The lowest BCUT2D eigenvalue weighted by Crippen LogP contribution is -2.43. The van der Waals surface area contributed by atoms with Gasteiger partial charge < -0.3 is 15.5 Å². The zero-order valence-corrected chi connectivity index (χ0v) is 17.7. The predicted octanol–water partition coefficient (Wildman–Crippen LogP) is 1.94. The topological polar surface area (TPSA) is 74.5 Å². The van der Waals surface area contributed by atoms with E-state index in [1.807, 2.05) is 6.07 Å². The Bertz CT molecular complexity index is 772. The maximum absolute atomic E-state index is 13.0. The summed E-state index contributed by atoms with van der Waals surface area (Å²) < 4.78 is 14.7. The minimum Gasteiger partial charge on any atom is -0.353 e. The first-order valence-electron chi connectivity index (χ1n) is 8.13. The van der Waals surface area contributed by atoms with E-state index in [-0.39, 0.29) is 42.2 Å². The number of nitrogens with zero attached hydrogens (tertiary/aromatic N) is 4. The van der Waals surface area contributed by atoms with Gasteiger partial charge in [-0.15, -0.1) is 30.6 Å². The molecule has 1 heterocycles. The maximum Gasteiger partial charge on any atom is 0.241 e. The van der Waals surface area contributed by atoms with Crippen molar-refractivity contribution in [2.24, 2.45) is 4.99 Å². The van der Waals surface area contributed by atoms with Crippen molar-refractivity contribution >= 4 is 35.8 Å². The molecular weight excluding hydrogens is 462 g/mol. The minimum atomic E-state index is -0.290. The highest BCUT2D eigenvalue weighted by atomic mass is 127. The highest BCUT2D eigenvalue weighted by Gasteiger charge is 2.06. The highest BCUT2D eigenvalue weighted by molar-refractivity contribution is 14.0. The van der Waals surface area contributed by atoms with Gasteiger partial charge >= 0.3 is 0 Å². The standard InChI is InChI=1S/C18H23FN6O.HI/c1-4-10-20-18(22-13-17(26)24(2)3)21-12-15-9-11-25(23-15)16-7-5-14(19)6-8-16;/h4-9,11H,1,10,12-13H2,2-3H3,(H2,20,21,22);1H. The molecule has 0 spiro atoms. The van der Waals surface area contributed by atoms with Gasteiger partial charge in [-0.2, -0.15) is 5.10 Å². The van der Waals surface area contributed by atoms with E-state index in [0.717, 1.165) is 11.4 Å². The van der Waals surface area contributed by atoms with Gasteiger partial charge in [-0.05, 0) is 30.3 Å². The first-order valence-corrected chi connectivity index (χ1v) is 8.13. The average Bonchev–Trinajstić information content (AvgIpc) is 3.10. The van der Waals surface area contributed by atoms with Crippen LogP contribution in [0.1, 0.15) is 5.69 Å². The highest BCUT2D eigenvalue weighted by Crippen LogP contribution is 2.09. The first-order chi connectivity index (χ1) is 12.5. The van der Waals surface area contributed by atoms with Gasteiger partial charge in [0.25, 0.3) is 0 Å². The summed E-state index contributed by atoms with van der Waals surface area (Å²) >= 11 is 0. The fraction of sp³-hybridized carbons (Fsp3) is 0.278. The van der Waals surface area contributed by atoms with Crippen LogP contribution in [-0.4, -0.2) is 53.7 Å². The molecule has 7 nitrogen and oxygen atoms in total. The molecule has 0 saturated heterocycles. The van der Waals surface area contributed by atoms with Crippen molar-refractivity contribution in [3.8, 4) is 5.69 Å². The number of halogens is 2. The van der Waals surface area contributed by atoms with Crippen LogP contribution in [0.25, 0.3) is 5.69 Å². The maximum atomic E-state index is 13.0. The molecule has 1 aromatic carbocycles. The van der Waals surface area contributed by atoms with Crippen LogP contribution in [-0.2, 0) is 11.3 Å². The Balaban J connectivity index is 0.00000364. The Hall–Kier alpha value is -2.43. The van der Waals surface area contributed by atoms with Crippen molar-refractivity contribution < 1.29 is 9.18 Å². The molecule has 0 fully saturated rings. The number of amides is 1. The number of nitrogens with one attached hydrogen (secondary N) is 2. The molecule has 0 unspecified atom stereocenters. The molecular formula is C18H24FIN6O. The van der Waals surface area contributed by atoms with Crippen LogP contribution in [0.3, 0.4) is 0 Å². The third-order valence-electron chi connectivity index (χ3n) is 3.45. The molecule has 0 aliphatic rings. The van der Waals surface area contributed by atoms with Crippen molar-refractivity contribution in [2.75, 3.05) is 27.2 Å². The number of rotatable bonds is 7. The van der Waals surface area contributed by atoms with E-state index in [4.69, 9.17) is 0 Å². The Morgan fingerprint density at radius 3 is 2.63 bits per heavy atom. The van der Waals surface area contributed by atoms with Crippen LogP contribution in [0.15, 0.2) is 54.2 Å². The van der Waals surface area contributed by atoms with Gasteiger partial charge in [0.2, 0.25) is 5.91 Å². The third-order valence-corrected chi connectivity index (χ3v) is 3.45. The van der Waals surface area contributed by atoms with E-state index in [1.54, 1.807) is 43.2 Å². The number of carbonyl (C=O) groups excluding carboxylic acids is 1. The molecule has 0 atom stereocenters. The predicted molar refractivity (Wildman–Crippen MR) is 115 cm³/mol. The van der Waals surface area contributed by atoms with Crippen molar-refractivity contribution in [3.05, 3.63) is 60.7 Å². The second-order valence-electron chi connectivity index (χ2n) is 5.70. The van der Waals surface area contributed by atoms with Crippen LogP contribution in [0, 0.1) is 5.82 Å². The second kappa shape index (κ2) is 11.3. The van der Waals surface area contributed by atoms with E-state index in [2.05, 4.69) is 27.3 Å². The lowest BCUT2D eigenvalue weighted by atomic mass is 10.3. The minimum absolute atomic E-state index is 0. The van der Waals surface area contributed by atoms with Crippen LogP contribution >= 0.6 is 24.0 Å². The van der Waals surface area contributed by atoms with Gasteiger partial charge in [-0.3, -0.25) is 4.79 Å². The summed E-state index contributed by atoms with van der Waals surface area (Å²) in [5.74, 6) is 0.150. The molecule has 0 radical (unpaired) electrons. The molecule has 0 bridgehead atoms. The number of hydrogen-bond acceptors (Lipinski definition) is 3. The molecule has 2 N–H and O–H groups in total. The van der Waals surface area contributed by atoms with E-state index in [9.17, 15) is 9.18 Å². The summed E-state index contributed by atoms with van der Waals surface area (Å²) in [7, 11) is 3.39. The Morgan fingerprint density at radius 1 is 1.30 bits per heavy atom. The van der Waals surface area contributed by atoms with Gasteiger partial charge in [0.15, 0.2) is 5.96 Å². The van der Waals surface area contributed by atoms with E-state index < -0.39 is 0 Å². The fourth-order valence-electron chi connectivity index (χ4n) is 2.00. The van der Waals surface area contributed by atoms with Crippen LogP contribution in [0.2, 0.25) is 0 Å². The number of aliphatic imine (C=N–C) groups is 1. The summed E-state index contributed by atoms with van der Waals surface area (Å²) in [5.41, 5.74) is 1.51. The number of benzene rings is 1. The third kappa shape index (κ3) is 7.37. The summed E-state index contributed by atoms with van der Waals surface area (Å²) in [6, 6.07) is 7.92. The smallest absolute Gasteiger partial charge is 0.241 e. The monoisotopic (exact) mass is 486 g/mol. The Morgan fingerprint density at radius 2 is 2.00 bits per heavy atom. The molecule has 0 saturated carbocycles. The number of likely N-dealkylation sites (N-methyl/N-ethyl adjacent to an activating group) is 1. The van der Waals surface area contributed by atoms with Gasteiger partial charge in [0.05, 0.1) is 24.5 Å². The molecule has 1 aromatic heterocycles. The molecule has 9 heteroatoms. The summed E-state index contributed by atoms with van der Waals surface area (Å²) in [5, 5.41) is 10.4. The first kappa shape index (κ1) is 22.6.